The van der Waals surface area contributed by atoms with E-state index in [9.17, 15) is 21.6 Å². The maximum absolute atomic E-state index is 13.0. The number of benzene rings is 1. The molecular formula is C18H13F3N4O2S. The largest absolute Gasteiger partial charge is 0.433 e. The summed E-state index contributed by atoms with van der Waals surface area (Å²) in [5.41, 5.74) is 2.34. The first kappa shape index (κ1) is 17.4. The second-order valence-corrected chi connectivity index (χ2v) is 8.52. The molecule has 2 aromatic heterocycles. The lowest BCUT2D eigenvalue weighted by Crippen LogP contribution is -2.29. The van der Waals surface area contributed by atoms with Crippen molar-refractivity contribution in [3.8, 4) is 0 Å². The fourth-order valence-electron chi connectivity index (χ4n) is 3.91. The van der Waals surface area contributed by atoms with Crippen LogP contribution >= 0.6 is 0 Å². The highest BCUT2D eigenvalue weighted by atomic mass is 32.2. The van der Waals surface area contributed by atoms with Crippen LogP contribution in [0.1, 0.15) is 40.2 Å². The molecule has 3 aromatic rings. The number of pyridine rings is 1. The van der Waals surface area contributed by atoms with Crippen molar-refractivity contribution in [3.05, 3.63) is 76.9 Å². The van der Waals surface area contributed by atoms with E-state index in [4.69, 9.17) is 0 Å². The van der Waals surface area contributed by atoms with Gasteiger partial charge in [0.2, 0.25) is 0 Å². The zero-order valence-corrected chi connectivity index (χ0v) is 15.0. The molecule has 6 nitrogen and oxygen atoms in total. The van der Waals surface area contributed by atoms with Gasteiger partial charge in [0.1, 0.15) is 10.6 Å². The molecule has 2 unspecified atom stereocenters. The highest BCUT2D eigenvalue weighted by Gasteiger charge is 2.41. The molecule has 4 heterocycles. The van der Waals surface area contributed by atoms with Gasteiger partial charge in [0.15, 0.2) is 0 Å². The predicted molar refractivity (Wildman–Crippen MR) is 91.9 cm³/mol. The van der Waals surface area contributed by atoms with Gasteiger partial charge in [0, 0.05) is 24.2 Å². The SMILES string of the molecule is O=S(=O)(c1ccc(C(F)(F)F)nc1)n1ncc2c1CC1NC2c2ccccc21. The number of nitrogens with one attached hydrogen (secondary N) is 1. The summed E-state index contributed by atoms with van der Waals surface area (Å²) in [4.78, 5) is 2.92. The molecule has 2 atom stereocenters. The average molecular weight is 406 g/mol. The molecule has 2 aliphatic heterocycles. The molecule has 5 rings (SSSR count). The Labute approximate surface area is 158 Å². The van der Waals surface area contributed by atoms with E-state index in [0.29, 0.717) is 18.2 Å². The van der Waals surface area contributed by atoms with E-state index in [2.05, 4.69) is 15.4 Å². The lowest BCUT2D eigenvalue weighted by molar-refractivity contribution is -0.141. The third-order valence-electron chi connectivity index (χ3n) is 5.18. The third-order valence-corrected chi connectivity index (χ3v) is 6.78. The maximum atomic E-state index is 13.0. The molecule has 2 bridgehead atoms. The van der Waals surface area contributed by atoms with E-state index >= 15 is 0 Å². The summed E-state index contributed by atoms with van der Waals surface area (Å²) >= 11 is 0. The Hall–Kier alpha value is -2.72. The molecule has 28 heavy (non-hydrogen) atoms. The van der Waals surface area contributed by atoms with Gasteiger partial charge in [-0.05, 0) is 23.3 Å². The third kappa shape index (κ3) is 2.41. The zero-order chi connectivity index (χ0) is 19.7. The number of rotatable bonds is 2. The first-order chi connectivity index (χ1) is 13.3. The lowest BCUT2D eigenvalue weighted by Gasteiger charge is -2.23. The summed E-state index contributed by atoms with van der Waals surface area (Å²) in [5, 5.41) is 7.50. The Bertz CT molecular complexity index is 1190. The van der Waals surface area contributed by atoms with E-state index in [0.717, 1.165) is 33.0 Å². The summed E-state index contributed by atoms with van der Waals surface area (Å²) in [6.07, 6.45) is -2.00. The summed E-state index contributed by atoms with van der Waals surface area (Å²) in [5.74, 6) is 0. The normalized spacial score (nSPS) is 20.7. The van der Waals surface area contributed by atoms with E-state index in [1.165, 1.54) is 6.20 Å². The van der Waals surface area contributed by atoms with Gasteiger partial charge in [-0.2, -0.15) is 30.8 Å². The molecule has 0 saturated carbocycles. The maximum Gasteiger partial charge on any atom is 0.433 e. The molecule has 1 aromatic carbocycles. The van der Waals surface area contributed by atoms with Crippen LogP contribution in [-0.2, 0) is 22.6 Å². The number of hydrogen-bond acceptors (Lipinski definition) is 5. The smallest absolute Gasteiger partial charge is 0.299 e. The molecule has 0 saturated heterocycles. The summed E-state index contributed by atoms with van der Waals surface area (Å²) in [6.45, 7) is 0. The topological polar surface area (TPSA) is 76.9 Å². The number of fused-ring (bicyclic) bond motifs is 7. The second kappa shape index (κ2) is 5.65. The van der Waals surface area contributed by atoms with Crippen LogP contribution in [0.25, 0.3) is 0 Å². The minimum atomic E-state index is -4.64. The molecule has 1 N–H and O–H groups in total. The minimum absolute atomic E-state index is 0.0370. The van der Waals surface area contributed by atoms with E-state index in [-0.39, 0.29) is 17.0 Å². The van der Waals surface area contributed by atoms with Crippen LogP contribution in [0, 0.1) is 0 Å². The number of halogens is 3. The second-order valence-electron chi connectivity index (χ2n) is 6.76. The fourth-order valence-corrected chi connectivity index (χ4v) is 5.17. The van der Waals surface area contributed by atoms with Crippen LogP contribution < -0.4 is 5.32 Å². The van der Waals surface area contributed by atoms with Crippen molar-refractivity contribution in [2.45, 2.75) is 29.6 Å². The van der Waals surface area contributed by atoms with Crippen LogP contribution in [0.3, 0.4) is 0 Å². The van der Waals surface area contributed by atoms with Crippen LogP contribution in [-0.4, -0.2) is 22.6 Å². The van der Waals surface area contributed by atoms with E-state index < -0.39 is 21.9 Å². The van der Waals surface area contributed by atoms with Gasteiger partial charge in [-0.15, -0.1) is 0 Å². The monoisotopic (exact) mass is 406 g/mol. The van der Waals surface area contributed by atoms with Crippen molar-refractivity contribution in [2.24, 2.45) is 0 Å². The van der Waals surface area contributed by atoms with Crippen LogP contribution in [0.15, 0.2) is 53.7 Å². The van der Waals surface area contributed by atoms with Crippen molar-refractivity contribution in [2.75, 3.05) is 0 Å². The summed E-state index contributed by atoms with van der Waals surface area (Å²) < 4.78 is 65.0. The van der Waals surface area contributed by atoms with Crippen molar-refractivity contribution < 1.29 is 21.6 Å². The molecule has 0 aliphatic carbocycles. The first-order valence-electron chi connectivity index (χ1n) is 8.47. The molecule has 0 spiro atoms. The Morgan fingerprint density at radius 1 is 1.04 bits per heavy atom. The molecule has 0 radical (unpaired) electrons. The van der Waals surface area contributed by atoms with Crippen molar-refractivity contribution >= 4 is 10.0 Å². The summed E-state index contributed by atoms with van der Waals surface area (Å²) in [6, 6.07) is 9.23. The van der Waals surface area contributed by atoms with Gasteiger partial charge in [0.25, 0.3) is 10.0 Å². The average Bonchev–Trinajstić information content (AvgIpc) is 3.23. The van der Waals surface area contributed by atoms with Gasteiger partial charge in [-0.25, -0.2) is 0 Å². The number of alkyl halides is 3. The molecule has 10 heteroatoms. The predicted octanol–water partition coefficient (Wildman–Crippen LogP) is 2.82. The number of aromatic nitrogens is 3. The standard InChI is InChI=1S/C18H13F3N4O2S/c19-18(20,21)16-6-5-10(8-22-16)28(26,27)25-15-7-14-11-3-1-2-4-12(11)17(24-14)13(15)9-23-25/h1-6,8-9,14,17,24H,7H2. The molecule has 144 valence electrons. The first-order valence-corrected chi connectivity index (χ1v) is 9.91. The molecule has 0 amide bonds. The van der Waals surface area contributed by atoms with Gasteiger partial charge in [-0.3, -0.25) is 10.3 Å². The number of nitrogens with zero attached hydrogens (tertiary/aromatic N) is 3. The Morgan fingerprint density at radius 2 is 1.79 bits per heavy atom. The Kier molecular flexibility index (Phi) is 3.50. The van der Waals surface area contributed by atoms with Crippen LogP contribution in [0.5, 0.6) is 0 Å². The van der Waals surface area contributed by atoms with E-state index in [1.54, 1.807) is 0 Å². The minimum Gasteiger partial charge on any atom is -0.299 e. The van der Waals surface area contributed by atoms with Crippen LogP contribution in [0.2, 0.25) is 0 Å². The Balaban J connectivity index is 1.57. The highest BCUT2D eigenvalue weighted by Crippen LogP contribution is 2.44. The van der Waals surface area contributed by atoms with Crippen LogP contribution in [0.4, 0.5) is 13.2 Å². The number of hydrogen-bond donors (Lipinski definition) is 1. The Morgan fingerprint density at radius 3 is 2.46 bits per heavy atom. The van der Waals surface area contributed by atoms with Gasteiger partial charge >= 0.3 is 6.18 Å². The quantitative estimate of drug-likeness (QED) is 0.708. The van der Waals surface area contributed by atoms with Gasteiger partial charge in [-0.1, -0.05) is 24.3 Å². The molecular weight excluding hydrogens is 393 g/mol. The van der Waals surface area contributed by atoms with Crippen molar-refractivity contribution in [1.82, 2.24) is 19.5 Å². The molecule has 2 aliphatic rings. The zero-order valence-electron chi connectivity index (χ0n) is 14.2. The fraction of sp³-hybridized carbons (Fsp3) is 0.222. The van der Waals surface area contributed by atoms with Gasteiger partial charge < -0.3 is 0 Å². The summed E-state index contributed by atoms with van der Waals surface area (Å²) in [7, 11) is -4.16. The van der Waals surface area contributed by atoms with Crippen molar-refractivity contribution in [1.29, 1.82) is 0 Å². The molecule has 0 fully saturated rings. The van der Waals surface area contributed by atoms with Crippen molar-refractivity contribution in [3.63, 3.8) is 0 Å². The van der Waals surface area contributed by atoms with Gasteiger partial charge in [0.05, 0.1) is 17.9 Å². The van der Waals surface area contributed by atoms with E-state index in [1.807, 2.05) is 24.3 Å². The lowest BCUT2D eigenvalue weighted by atomic mass is 10.0. The highest BCUT2D eigenvalue weighted by molar-refractivity contribution is 7.89.